The predicted octanol–water partition coefficient (Wildman–Crippen LogP) is 4.15. The van der Waals surface area contributed by atoms with Gasteiger partial charge < -0.3 is 10.6 Å². The second-order valence-corrected chi connectivity index (χ2v) is 5.81. The molecular formula is C19H19ClN2. The average Bonchev–Trinajstić information content (AvgIpc) is 2.58. The highest BCUT2D eigenvalue weighted by atomic mass is 35.5. The van der Waals surface area contributed by atoms with E-state index < -0.39 is 0 Å². The van der Waals surface area contributed by atoms with E-state index >= 15 is 0 Å². The van der Waals surface area contributed by atoms with E-state index in [1.807, 2.05) is 12.1 Å². The van der Waals surface area contributed by atoms with Crippen LogP contribution < -0.4 is 10.6 Å². The van der Waals surface area contributed by atoms with E-state index in [4.69, 9.17) is 17.3 Å². The summed E-state index contributed by atoms with van der Waals surface area (Å²) in [5.41, 5.74) is 10.4. The highest BCUT2D eigenvalue weighted by Crippen LogP contribution is 2.27. The van der Waals surface area contributed by atoms with E-state index in [0.717, 1.165) is 34.8 Å². The molecule has 2 N–H and O–H groups in total. The Morgan fingerprint density at radius 1 is 1.09 bits per heavy atom. The summed E-state index contributed by atoms with van der Waals surface area (Å²) in [5.74, 6) is 0. The molecule has 2 aromatic rings. The van der Waals surface area contributed by atoms with Gasteiger partial charge in [-0.3, -0.25) is 0 Å². The zero-order chi connectivity index (χ0) is 15.4. The molecule has 0 atom stereocenters. The minimum absolute atomic E-state index is 0.553. The van der Waals surface area contributed by atoms with Gasteiger partial charge in [-0.1, -0.05) is 54.1 Å². The lowest BCUT2D eigenvalue weighted by atomic mass is 10.0. The third kappa shape index (κ3) is 3.41. The molecule has 0 aromatic heterocycles. The standard InChI is InChI=1S/C19H19ClN2/c20-19-9-8-18(22-10-4-7-16(13-21)14-22)12-17(19)11-15-5-2-1-3-6-15/h1-9,12,14H,10-11,13,21H2. The van der Waals surface area contributed by atoms with Gasteiger partial charge in [0.25, 0.3) is 0 Å². The monoisotopic (exact) mass is 310 g/mol. The van der Waals surface area contributed by atoms with Crippen LogP contribution in [0.25, 0.3) is 0 Å². The predicted molar refractivity (Wildman–Crippen MR) is 94.3 cm³/mol. The fourth-order valence-corrected chi connectivity index (χ4v) is 2.79. The Hall–Kier alpha value is -2.03. The van der Waals surface area contributed by atoms with Gasteiger partial charge in [0.05, 0.1) is 0 Å². The van der Waals surface area contributed by atoms with Crippen molar-refractivity contribution in [1.29, 1.82) is 0 Å². The Morgan fingerprint density at radius 2 is 1.91 bits per heavy atom. The Labute approximate surface area is 136 Å². The molecule has 1 aliphatic heterocycles. The van der Waals surface area contributed by atoms with Crippen molar-refractivity contribution in [2.75, 3.05) is 18.0 Å². The highest BCUT2D eigenvalue weighted by molar-refractivity contribution is 6.31. The van der Waals surface area contributed by atoms with Crippen LogP contribution in [-0.2, 0) is 6.42 Å². The topological polar surface area (TPSA) is 29.3 Å². The third-order valence-electron chi connectivity index (χ3n) is 3.79. The van der Waals surface area contributed by atoms with Gasteiger partial charge in [-0.05, 0) is 41.3 Å². The molecule has 2 aromatic carbocycles. The van der Waals surface area contributed by atoms with Crippen LogP contribution in [0, 0.1) is 0 Å². The third-order valence-corrected chi connectivity index (χ3v) is 4.16. The number of hydrogen-bond acceptors (Lipinski definition) is 2. The lowest BCUT2D eigenvalue weighted by Gasteiger charge is -2.24. The molecule has 0 amide bonds. The summed E-state index contributed by atoms with van der Waals surface area (Å²) in [6.07, 6.45) is 7.16. The van der Waals surface area contributed by atoms with E-state index in [-0.39, 0.29) is 0 Å². The maximum atomic E-state index is 6.37. The molecule has 0 aliphatic carbocycles. The quantitative estimate of drug-likeness (QED) is 0.919. The van der Waals surface area contributed by atoms with Crippen LogP contribution >= 0.6 is 11.6 Å². The van der Waals surface area contributed by atoms with Gasteiger partial charge in [0.15, 0.2) is 0 Å². The number of benzene rings is 2. The van der Waals surface area contributed by atoms with Crippen LogP contribution in [0.4, 0.5) is 5.69 Å². The van der Waals surface area contributed by atoms with Gasteiger partial charge in [-0.2, -0.15) is 0 Å². The van der Waals surface area contributed by atoms with Crippen molar-refractivity contribution in [1.82, 2.24) is 0 Å². The summed E-state index contributed by atoms with van der Waals surface area (Å²) >= 11 is 6.37. The average molecular weight is 311 g/mol. The molecule has 3 heteroatoms. The number of anilines is 1. The minimum atomic E-state index is 0.553. The molecule has 2 nitrogen and oxygen atoms in total. The van der Waals surface area contributed by atoms with Crippen LogP contribution in [-0.4, -0.2) is 13.1 Å². The summed E-state index contributed by atoms with van der Waals surface area (Å²) in [6.45, 7) is 1.41. The molecule has 0 saturated carbocycles. The maximum absolute atomic E-state index is 6.37. The number of nitrogens with zero attached hydrogens (tertiary/aromatic N) is 1. The van der Waals surface area contributed by atoms with Gasteiger partial charge in [-0.15, -0.1) is 0 Å². The van der Waals surface area contributed by atoms with Gasteiger partial charge in [0.1, 0.15) is 0 Å². The SMILES string of the molecule is NCC1=CN(c2ccc(Cl)c(Cc3ccccc3)c2)CC=C1. The molecular weight excluding hydrogens is 292 g/mol. The fraction of sp³-hybridized carbons (Fsp3) is 0.158. The first kappa shape index (κ1) is 14.9. The molecule has 0 unspecified atom stereocenters. The second-order valence-electron chi connectivity index (χ2n) is 5.40. The zero-order valence-corrected chi connectivity index (χ0v) is 13.1. The van der Waals surface area contributed by atoms with Gasteiger partial charge in [-0.25, -0.2) is 0 Å². The Bertz CT molecular complexity index is 705. The van der Waals surface area contributed by atoms with Crippen LogP contribution in [0.3, 0.4) is 0 Å². The molecule has 1 heterocycles. The highest BCUT2D eigenvalue weighted by Gasteiger charge is 2.10. The second kappa shape index (κ2) is 6.82. The lowest BCUT2D eigenvalue weighted by Crippen LogP contribution is -2.21. The molecule has 112 valence electrons. The number of halogens is 1. The molecule has 0 fully saturated rings. The van der Waals surface area contributed by atoms with E-state index in [0.29, 0.717) is 6.54 Å². The number of rotatable bonds is 4. The molecule has 3 rings (SSSR count). The molecule has 0 bridgehead atoms. The van der Waals surface area contributed by atoms with Crippen LogP contribution in [0.1, 0.15) is 11.1 Å². The smallest absolute Gasteiger partial charge is 0.0442 e. The molecule has 0 radical (unpaired) electrons. The van der Waals surface area contributed by atoms with Gasteiger partial charge >= 0.3 is 0 Å². The summed E-state index contributed by atoms with van der Waals surface area (Å²) in [5, 5.41) is 0.809. The van der Waals surface area contributed by atoms with Crippen LogP contribution in [0.5, 0.6) is 0 Å². The number of nitrogens with two attached hydrogens (primary N) is 1. The summed E-state index contributed by atoms with van der Waals surface area (Å²) in [4.78, 5) is 2.20. The number of hydrogen-bond donors (Lipinski definition) is 1. The summed E-state index contributed by atoms with van der Waals surface area (Å²) in [6, 6.07) is 16.6. The van der Waals surface area contributed by atoms with E-state index in [1.54, 1.807) is 0 Å². The first-order valence-corrected chi connectivity index (χ1v) is 7.80. The van der Waals surface area contributed by atoms with Gasteiger partial charge in [0.2, 0.25) is 0 Å². The Morgan fingerprint density at radius 3 is 2.68 bits per heavy atom. The first-order chi connectivity index (χ1) is 10.8. The Kier molecular flexibility index (Phi) is 4.62. The van der Waals surface area contributed by atoms with Crippen molar-refractivity contribution < 1.29 is 0 Å². The van der Waals surface area contributed by atoms with Crippen molar-refractivity contribution in [3.05, 3.63) is 88.6 Å². The van der Waals surface area contributed by atoms with E-state index in [1.165, 1.54) is 5.56 Å². The van der Waals surface area contributed by atoms with Crippen molar-refractivity contribution in [2.45, 2.75) is 6.42 Å². The largest absolute Gasteiger partial charge is 0.344 e. The maximum Gasteiger partial charge on any atom is 0.0442 e. The van der Waals surface area contributed by atoms with Gasteiger partial charge in [0, 0.05) is 30.0 Å². The molecule has 0 spiro atoms. The van der Waals surface area contributed by atoms with E-state index in [2.05, 4.69) is 59.7 Å². The molecule has 22 heavy (non-hydrogen) atoms. The lowest BCUT2D eigenvalue weighted by molar-refractivity contribution is 1.02. The van der Waals surface area contributed by atoms with Crippen molar-refractivity contribution in [3.63, 3.8) is 0 Å². The molecule has 1 aliphatic rings. The van der Waals surface area contributed by atoms with Crippen molar-refractivity contribution in [2.24, 2.45) is 5.73 Å². The zero-order valence-electron chi connectivity index (χ0n) is 12.4. The van der Waals surface area contributed by atoms with E-state index in [9.17, 15) is 0 Å². The van der Waals surface area contributed by atoms with Crippen molar-refractivity contribution in [3.8, 4) is 0 Å². The first-order valence-electron chi connectivity index (χ1n) is 7.42. The Balaban J connectivity index is 1.87. The fourth-order valence-electron chi connectivity index (χ4n) is 2.61. The summed E-state index contributed by atoms with van der Waals surface area (Å²) in [7, 11) is 0. The van der Waals surface area contributed by atoms with Crippen LogP contribution in [0.2, 0.25) is 5.02 Å². The van der Waals surface area contributed by atoms with Crippen LogP contribution in [0.15, 0.2) is 72.5 Å². The van der Waals surface area contributed by atoms with Crippen molar-refractivity contribution >= 4 is 17.3 Å². The summed E-state index contributed by atoms with van der Waals surface area (Å²) < 4.78 is 0. The normalized spacial score (nSPS) is 14.1. The minimum Gasteiger partial charge on any atom is -0.344 e. The molecule has 0 saturated heterocycles.